The Morgan fingerprint density at radius 3 is 2.19 bits per heavy atom. The van der Waals surface area contributed by atoms with Crippen molar-refractivity contribution in [3.05, 3.63) is 35.9 Å². The zero-order valence-corrected chi connectivity index (χ0v) is 20.1. The molecule has 1 atom stereocenters. The lowest BCUT2D eigenvalue weighted by atomic mass is 9.93. The molecule has 0 spiro atoms. The Kier molecular flexibility index (Phi) is 11.3. The van der Waals surface area contributed by atoms with Gasteiger partial charge in [0.1, 0.15) is 0 Å². The van der Waals surface area contributed by atoms with Gasteiger partial charge < -0.3 is 15.1 Å². The van der Waals surface area contributed by atoms with Gasteiger partial charge in [0.15, 0.2) is 0 Å². The number of amides is 3. The largest absolute Gasteiger partial charge is 0.353 e. The zero-order valence-electron chi connectivity index (χ0n) is 20.1. The number of hydrogen-bond acceptors (Lipinski definition) is 3. The minimum atomic E-state index is -0.0974. The van der Waals surface area contributed by atoms with Gasteiger partial charge in [-0.15, -0.1) is 0 Å². The van der Waals surface area contributed by atoms with Crippen molar-refractivity contribution in [3.8, 4) is 0 Å². The van der Waals surface area contributed by atoms with E-state index in [1.54, 1.807) is 0 Å². The summed E-state index contributed by atoms with van der Waals surface area (Å²) in [4.78, 5) is 41.5. The van der Waals surface area contributed by atoms with Gasteiger partial charge in [-0.1, -0.05) is 51.1 Å². The number of rotatable bonds is 12. The second kappa shape index (κ2) is 13.9. The van der Waals surface area contributed by atoms with Crippen LogP contribution in [0.4, 0.5) is 0 Å². The van der Waals surface area contributed by atoms with Crippen LogP contribution in [0.15, 0.2) is 30.3 Å². The summed E-state index contributed by atoms with van der Waals surface area (Å²) in [5.41, 5.74) is 1.07. The molecule has 6 nitrogen and oxygen atoms in total. The van der Waals surface area contributed by atoms with Crippen LogP contribution in [0.1, 0.15) is 83.6 Å². The Morgan fingerprint density at radius 2 is 1.62 bits per heavy atom. The van der Waals surface area contributed by atoms with Crippen molar-refractivity contribution in [1.29, 1.82) is 0 Å². The monoisotopic (exact) mass is 443 g/mol. The van der Waals surface area contributed by atoms with Crippen molar-refractivity contribution in [2.75, 3.05) is 26.2 Å². The lowest BCUT2D eigenvalue weighted by molar-refractivity contribution is -0.134. The van der Waals surface area contributed by atoms with Gasteiger partial charge in [-0.2, -0.15) is 0 Å². The highest BCUT2D eigenvalue weighted by atomic mass is 16.2. The summed E-state index contributed by atoms with van der Waals surface area (Å²) in [5.74, 6) is 0.249. The second-order valence-corrected chi connectivity index (χ2v) is 8.77. The minimum Gasteiger partial charge on any atom is -0.353 e. The molecule has 0 bridgehead atoms. The van der Waals surface area contributed by atoms with Gasteiger partial charge in [0.2, 0.25) is 17.7 Å². The molecule has 3 amide bonds. The summed E-state index contributed by atoms with van der Waals surface area (Å²) in [5, 5.41) is 3.10. The van der Waals surface area contributed by atoms with E-state index in [2.05, 4.69) is 26.1 Å². The van der Waals surface area contributed by atoms with E-state index in [1.807, 2.05) is 40.1 Å². The number of nitrogens with zero attached hydrogens (tertiary/aromatic N) is 2. The van der Waals surface area contributed by atoms with Crippen molar-refractivity contribution >= 4 is 17.7 Å². The molecule has 2 rings (SSSR count). The summed E-state index contributed by atoms with van der Waals surface area (Å²) >= 11 is 0. The van der Waals surface area contributed by atoms with Crippen molar-refractivity contribution in [2.45, 2.75) is 84.1 Å². The average molecular weight is 444 g/mol. The van der Waals surface area contributed by atoms with Gasteiger partial charge in [-0.3, -0.25) is 14.4 Å². The molecule has 1 aromatic carbocycles. The normalized spacial score (nSPS) is 15.3. The Labute approximate surface area is 193 Å². The van der Waals surface area contributed by atoms with E-state index in [4.69, 9.17) is 0 Å². The molecule has 0 radical (unpaired) electrons. The first kappa shape index (κ1) is 25.9. The molecule has 1 heterocycles. The maximum Gasteiger partial charge on any atom is 0.230 e. The number of benzene rings is 1. The molecule has 1 aliphatic rings. The first-order chi connectivity index (χ1) is 15.5. The van der Waals surface area contributed by atoms with Crippen LogP contribution >= 0.6 is 0 Å². The molecular weight excluding hydrogens is 402 g/mol. The Hall–Kier alpha value is -2.37. The van der Waals surface area contributed by atoms with Crippen LogP contribution in [0.5, 0.6) is 0 Å². The summed E-state index contributed by atoms with van der Waals surface area (Å²) in [6.07, 6.45) is 5.65. The smallest absolute Gasteiger partial charge is 0.230 e. The van der Waals surface area contributed by atoms with Crippen LogP contribution in [-0.4, -0.2) is 59.7 Å². The quantitative estimate of drug-likeness (QED) is 0.529. The van der Waals surface area contributed by atoms with Gasteiger partial charge in [0, 0.05) is 45.1 Å². The summed E-state index contributed by atoms with van der Waals surface area (Å²) in [6, 6.07) is 10.1. The van der Waals surface area contributed by atoms with E-state index >= 15 is 0 Å². The minimum absolute atomic E-state index is 0.0100. The fourth-order valence-corrected chi connectivity index (χ4v) is 4.46. The zero-order chi connectivity index (χ0) is 23.3. The number of carbonyl (C=O) groups excluding carboxylic acids is 3. The molecule has 1 aliphatic heterocycles. The summed E-state index contributed by atoms with van der Waals surface area (Å²) in [7, 11) is 0. The maximum absolute atomic E-state index is 13.0. The third-order valence-corrected chi connectivity index (χ3v) is 6.21. The van der Waals surface area contributed by atoms with E-state index < -0.39 is 0 Å². The summed E-state index contributed by atoms with van der Waals surface area (Å²) in [6.45, 7) is 9.14. The number of carbonyl (C=O) groups is 3. The summed E-state index contributed by atoms with van der Waals surface area (Å²) < 4.78 is 0. The Morgan fingerprint density at radius 1 is 1.00 bits per heavy atom. The number of likely N-dealkylation sites (tertiary alicyclic amines) is 1. The lowest BCUT2D eigenvalue weighted by Gasteiger charge is -2.34. The molecule has 0 aromatic heterocycles. The first-order valence-electron chi connectivity index (χ1n) is 12.4. The third-order valence-electron chi connectivity index (χ3n) is 6.21. The average Bonchev–Trinajstić information content (AvgIpc) is 2.80. The molecule has 1 N–H and O–H groups in total. The molecule has 6 heteroatoms. The highest BCUT2D eigenvalue weighted by Crippen LogP contribution is 2.24. The lowest BCUT2D eigenvalue weighted by Crippen LogP contribution is -2.47. The fraction of sp³-hybridized carbons (Fsp3) is 0.654. The van der Waals surface area contributed by atoms with Crippen molar-refractivity contribution < 1.29 is 14.4 Å². The van der Waals surface area contributed by atoms with Crippen LogP contribution in [0.2, 0.25) is 0 Å². The highest BCUT2D eigenvalue weighted by Gasteiger charge is 2.28. The Balaban J connectivity index is 1.71. The van der Waals surface area contributed by atoms with Crippen LogP contribution in [-0.2, 0) is 14.4 Å². The molecule has 1 aromatic rings. The topological polar surface area (TPSA) is 69.7 Å². The number of nitrogens with one attached hydrogen (secondary N) is 1. The van der Waals surface area contributed by atoms with E-state index in [0.717, 1.165) is 50.8 Å². The van der Waals surface area contributed by atoms with Crippen LogP contribution in [0, 0.1) is 0 Å². The van der Waals surface area contributed by atoms with Crippen LogP contribution < -0.4 is 5.32 Å². The second-order valence-electron chi connectivity index (χ2n) is 8.77. The van der Waals surface area contributed by atoms with Crippen molar-refractivity contribution in [2.24, 2.45) is 0 Å². The van der Waals surface area contributed by atoms with E-state index in [1.165, 1.54) is 0 Å². The number of hydrogen-bond donors (Lipinski definition) is 1. The van der Waals surface area contributed by atoms with E-state index in [0.29, 0.717) is 32.4 Å². The molecule has 1 saturated heterocycles. The molecule has 178 valence electrons. The van der Waals surface area contributed by atoms with Gasteiger partial charge in [-0.05, 0) is 44.1 Å². The van der Waals surface area contributed by atoms with Crippen molar-refractivity contribution in [1.82, 2.24) is 15.1 Å². The molecule has 0 aliphatic carbocycles. The Bertz CT molecular complexity index is 708. The molecule has 0 saturated carbocycles. The standard InChI is InChI=1S/C26H41N3O3/c1-4-17-28(18-5-2)25(31)14-10-13-24(30)27-22-15-19-29(20-16-22)26(32)23(6-3)21-11-8-7-9-12-21/h7-9,11-12,22-23H,4-6,10,13-20H2,1-3H3,(H,27,30). The van der Waals surface area contributed by atoms with Gasteiger partial charge in [0.05, 0.1) is 5.92 Å². The van der Waals surface area contributed by atoms with Gasteiger partial charge in [0.25, 0.3) is 0 Å². The molecule has 1 fully saturated rings. The van der Waals surface area contributed by atoms with E-state index in [9.17, 15) is 14.4 Å². The van der Waals surface area contributed by atoms with E-state index in [-0.39, 0.29) is 29.7 Å². The van der Waals surface area contributed by atoms with Gasteiger partial charge >= 0.3 is 0 Å². The third kappa shape index (κ3) is 7.95. The molecular formula is C26H41N3O3. The predicted octanol–water partition coefficient (Wildman–Crippen LogP) is 4.11. The fourth-order valence-electron chi connectivity index (χ4n) is 4.46. The van der Waals surface area contributed by atoms with Gasteiger partial charge in [-0.25, -0.2) is 0 Å². The SMILES string of the molecule is CCCN(CCC)C(=O)CCCC(=O)NC1CCN(C(=O)C(CC)c2ccccc2)CC1. The van der Waals surface area contributed by atoms with Crippen LogP contribution in [0.3, 0.4) is 0 Å². The molecule has 32 heavy (non-hydrogen) atoms. The maximum atomic E-state index is 13.0. The molecule has 1 unspecified atom stereocenters. The van der Waals surface area contributed by atoms with Crippen LogP contribution in [0.25, 0.3) is 0 Å². The number of piperidine rings is 1. The van der Waals surface area contributed by atoms with Crippen molar-refractivity contribution in [3.63, 3.8) is 0 Å². The first-order valence-corrected chi connectivity index (χ1v) is 12.4. The predicted molar refractivity (Wildman–Crippen MR) is 128 cm³/mol. The highest BCUT2D eigenvalue weighted by molar-refractivity contribution is 5.84.